The van der Waals surface area contributed by atoms with Crippen LogP contribution in [0.1, 0.15) is 32.3 Å². The molecule has 3 unspecified atom stereocenters. The molecule has 3 fully saturated rings. The van der Waals surface area contributed by atoms with E-state index in [0.29, 0.717) is 30.1 Å². The maximum Gasteiger partial charge on any atom is 0.250 e. The Balaban J connectivity index is 1.50. The number of hydrogen-bond acceptors (Lipinski definition) is 5. The first-order valence-corrected chi connectivity index (χ1v) is 14.6. The molecule has 8 atom stereocenters. The molecule has 2 bridgehead atoms. The lowest BCUT2D eigenvalue weighted by Gasteiger charge is -2.38. The number of anilines is 1. The molecule has 0 radical (unpaired) electrons. The van der Waals surface area contributed by atoms with Gasteiger partial charge in [-0.25, -0.2) is 0 Å². The highest BCUT2D eigenvalue weighted by Gasteiger charge is 2.77. The van der Waals surface area contributed by atoms with Crippen LogP contribution in [0, 0.1) is 17.8 Å². The van der Waals surface area contributed by atoms with Crippen LogP contribution < -0.4 is 10.6 Å². The van der Waals surface area contributed by atoms with E-state index in [1.54, 1.807) is 24.3 Å². The van der Waals surface area contributed by atoms with Crippen LogP contribution in [-0.2, 0) is 25.7 Å². The second-order valence-corrected chi connectivity index (χ2v) is 12.4. The predicted molar refractivity (Wildman–Crippen MR) is 151 cm³/mol. The third-order valence-corrected chi connectivity index (χ3v) is 9.64. The summed E-state index contributed by atoms with van der Waals surface area (Å²) in [6.45, 7) is 3.94. The van der Waals surface area contributed by atoms with Gasteiger partial charge in [-0.2, -0.15) is 0 Å². The van der Waals surface area contributed by atoms with Crippen molar-refractivity contribution >= 4 is 50.9 Å². The van der Waals surface area contributed by atoms with Crippen molar-refractivity contribution < 1.29 is 24.2 Å². The van der Waals surface area contributed by atoms with Crippen LogP contribution in [-0.4, -0.2) is 63.0 Å². The summed E-state index contributed by atoms with van der Waals surface area (Å²) in [5.41, 5.74) is 0.264. The lowest BCUT2D eigenvalue weighted by Crippen LogP contribution is -2.57. The minimum absolute atomic E-state index is 0.0812. The van der Waals surface area contributed by atoms with Crippen molar-refractivity contribution in [2.24, 2.45) is 17.8 Å². The summed E-state index contributed by atoms with van der Waals surface area (Å²) in [5.74, 6) is -2.72. The van der Waals surface area contributed by atoms with Crippen molar-refractivity contribution in [1.82, 2.24) is 10.2 Å². The number of aliphatic hydroxyl groups excluding tert-OH is 1. The predicted octanol–water partition coefficient (Wildman–Crippen LogP) is 3.75. The maximum absolute atomic E-state index is 14.2. The van der Waals surface area contributed by atoms with E-state index in [1.165, 1.54) is 4.90 Å². The third kappa shape index (κ3) is 4.88. The number of alkyl halides is 1. The fourth-order valence-electron chi connectivity index (χ4n) is 6.49. The summed E-state index contributed by atoms with van der Waals surface area (Å²) in [7, 11) is 0. The van der Waals surface area contributed by atoms with E-state index in [9.17, 15) is 19.5 Å². The molecule has 3 saturated heterocycles. The van der Waals surface area contributed by atoms with E-state index in [-0.39, 0.29) is 29.2 Å². The molecular weight excluding hydrogens is 586 g/mol. The molecule has 0 aliphatic carbocycles. The van der Waals surface area contributed by atoms with E-state index in [0.717, 1.165) is 5.56 Å². The van der Waals surface area contributed by atoms with Gasteiger partial charge in [-0.1, -0.05) is 78.1 Å². The van der Waals surface area contributed by atoms with Crippen LogP contribution in [0.25, 0.3) is 0 Å². The number of nitrogens with one attached hydrogen (secondary N) is 2. The number of ether oxygens (including phenoxy) is 1. The number of amides is 3. The SMILES string of the molecule is CC[C@H](C)[C@H](CO)N1C(=O)[C@@H]2[C@@H](C(=O)NCc3ccccc3)[C@@H]3OC2(CC3Br)C1C(=O)Nc1ccc(Cl)cc1. The van der Waals surface area contributed by atoms with E-state index in [4.69, 9.17) is 16.3 Å². The largest absolute Gasteiger partial charge is 0.394 e. The van der Waals surface area contributed by atoms with Gasteiger partial charge in [0.1, 0.15) is 11.6 Å². The molecule has 2 aromatic carbocycles. The van der Waals surface area contributed by atoms with Crippen LogP contribution in [0.4, 0.5) is 5.69 Å². The first-order chi connectivity index (χ1) is 18.7. The minimum atomic E-state index is -1.21. The number of fused-ring (bicyclic) bond motifs is 1. The molecular formula is C29H33BrClN3O5. The van der Waals surface area contributed by atoms with Crippen LogP contribution in [0.2, 0.25) is 5.02 Å². The van der Waals surface area contributed by atoms with Gasteiger partial charge in [0.05, 0.1) is 30.6 Å². The lowest BCUT2D eigenvalue weighted by molar-refractivity contribution is -0.145. The minimum Gasteiger partial charge on any atom is -0.394 e. The molecule has 0 aromatic heterocycles. The van der Waals surface area contributed by atoms with Crippen molar-refractivity contribution in [2.45, 2.75) is 61.8 Å². The van der Waals surface area contributed by atoms with Gasteiger partial charge in [0, 0.05) is 22.1 Å². The highest BCUT2D eigenvalue weighted by atomic mass is 79.9. The molecule has 8 nitrogen and oxygen atoms in total. The molecule has 5 rings (SSSR count). The van der Waals surface area contributed by atoms with Gasteiger partial charge in [-0.15, -0.1) is 0 Å². The number of carbonyl (C=O) groups excluding carboxylic acids is 3. The van der Waals surface area contributed by atoms with Gasteiger partial charge in [0.25, 0.3) is 0 Å². The van der Waals surface area contributed by atoms with Gasteiger partial charge in [0.2, 0.25) is 17.7 Å². The van der Waals surface area contributed by atoms with E-state index < -0.39 is 41.5 Å². The summed E-state index contributed by atoms with van der Waals surface area (Å²) in [4.78, 5) is 43.2. The highest BCUT2D eigenvalue weighted by molar-refractivity contribution is 9.09. The summed E-state index contributed by atoms with van der Waals surface area (Å²) < 4.78 is 6.55. The second-order valence-electron chi connectivity index (χ2n) is 10.7. The molecule has 208 valence electrons. The Bertz CT molecular complexity index is 1230. The number of hydrogen-bond donors (Lipinski definition) is 3. The summed E-state index contributed by atoms with van der Waals surface area (Å²) in [6, 6.07) is 14.6. The maximum atomic E-state index is 14.2. The zero-order valence-corrected chi connectivity index (χ0v) is 24.2. The Morgan fingerprint density at radius 2 is 1.87 bits per heavy atom. The Hall–Kier alpha value is -2.46. The zero-order valence-electron chi connectivity index (χ0n) is 21.8. The smallest absolute Gasteiger partial charge is 0.250 e. The monoisotopic (exact) mass is 617 g/mol. The lowest BCUT2D eigenvalue weighted by atomic mass is 9.70. The number of halogens is 2. The van der Waals surface area contributed by atoms with Crippen LogP contribution >= 0.6 is 27.5 Å². The molecule has 3 amide bonds. The number of nitrogens with zero attached hydrogens (tertiary/aromatic N) is 1. The van der Waals surface area contributed by atoms with Crippen molar-refractivity contribution in [2.75, 3.05) is 11.9 Å². The van der Waals surface area contributed by atoms with Crippen molar-refractivity contribution in [3.05, 3.63) is 65.2 Å². The van der Waals surface area contributed by atoms with E-state index in [1.807, 2.05) is 44.2 Å². The summed E-state index contributed by atoms with van der Waals surface area (Å²) in [5, 5.41) is 16.9. The van der Waals surface area contributed by atoms with Crippen LogP contribution in [0.5, 0.6) is 0 Å². The topological polar surface area (TPSA) is 108 Å². The Morgan fingerprint density at radius 3 is 2.51 bits per heavy atom. The number of rotatable bonds is 9. The molecule has 3 aliphatic heterocycles. The Kier molecular flexibility index (Phi) is 8.06. The quantitative estimate of drug-likeness (QED) is 0.371. The molecule has 3 heterocycles. The molecule has 2 aromatic rings. The fraction of sp³-hybridized carbons (Fsp3) is 0.483. The number of benzene rings is 2. The first-order valence-electron chi connectivity index (χ1n) is 13.3. The molecule has 10 heteroatoms. The van der Waals surface area contributed by atoms with Gasteiger partial charge in [0.15, 0.2) is 0 Å². The average molecular weight is 619 g/mol. The molecule has 3 aliphatic rings. The van der Waals surface area contributed by atoms with Gasteiger partial charge < -0.3 is 25.4 Å². The van der Waals surface area contributed by atoms with Crippen LogP contribution in [0.3, 0.4) is 0 Å². The van der Waals surface area contributed by atoms with Crippen LogP contribution in [0.15, 0.2) is 54.6 Å². The third-order valence-electron chi connectivity index (χ3n) is 8.54. The molecule has 3 N–H and O–H groups in total. The Morgan fingerprint density at radius 1 is 1.18 bits per heavy atom. The normalized spacial score (nSPS) is 30.6. The zero-order chi connectivity index (χ0) is 27.9. The van der Waals surface area contributed by atoms with Gasteiger partial charge in [-0.3, -0.25) is 14.4 Å². The molecule has 1 spiro atoms. The standard InChI is InChI=1S/C29H33BrClN3O5/c1-3-16(2)21(15-35)34-25(27(37)33-19-11-9-18(31)10-12-19)29-13-20(30)24(39-29)22(23(29)28(34)38)26(36)32-14-17-7-5-4-6-8-17/h4-12,16,20-25,35H,3,13-15H2,1-2H3,(H,32,36)(H,33,37)/t16-,20?,21-,22+,23-,24+,25?,29?/m0/s1. The number of likely N-dealkylation sites (tertiary alicyclic amines) is 1. The van der Waals surface area contributed by atoms with Gasteiger partial charge in [-0.05, 0) is 42.2 Å². The summed E-state index contributed by atoms with van der Waals surface area (Å²) >= 11 is 9.71. The fourth-order valence-corrected chi connectivity index (χ4v) is 7.55. The average Bonchev–Trinajstić information content (AvgIpc) is 3.53. The van der Waals surface area contributed by atoms with Crippen molar-refractivity contribution in [3.8, 4) is 0 Å². The van der Waals surface area contributed by atoms with Gasteiger partial charge >= 0.3 is 0 Å². The first kappa shape index (κ1) is 28.1. The van der Waals surface area contributed by atoms with E-state index >= 15 is 0 Å². The molecule has 39 heavy (non-hydrogen) atoms. The highest BCUT2D eigenvalue weighted by Crippen LogP contribution is 2.60. The van der Waals surface area contributed by atoms with E-state index in [2.05, 4.69) is 26.6 Å². The number of carbonyl (C=O) groups is 3. The second kappa shape index (κ2) is 11.2. The Labute approximate surface area is 241 Å². The number of aliphatic hydroxyl groups is 1. The molecule has 0 saturated carbocycles. The summed E-state index contributed by atoms with van der Waals surface area (Å²) in [6.07, 6.45) is 0.535. The van der Waals surface area contributed by atoms with Crippen molar-refractivity contribution in [3.63, 3.8) is 0 Å². The van der Waals surface area contributed by atoms with Crippen molar-refractivity contribution in [1.29, 1.82) is 0 Å².